The molecular weight excluding hydrogens is 352 g/mol. The number of aromatic nitrogens is 1. The van der Waals surface area contributed by atoms with Crippen molar-refractivity contribution in [3.8, 4) is 5.75 Å². The first-order chi connectivity index (χ1) is 13.4. The molecule has 0 saturated heterocycles. The monoisotopic (exact) mass is 378 g/mol. The van der Waals surface area contributed by atoms with Crippen molar-refractivity contribution in [1.82, 2.24) is 4.57 Å². The summed E-state index contributed by atoms with van der Waals surface area (Å²) in [7, 11) is 1.58. The van der Waals surface area contributed by atoms with Crippen LogP contribution in [0.15, 0.2) is 53.3 Å². The molecule has 146 valence electrons. The maximum Gasteiger partial charge on any atom is 0.251 e. The summed E-state index contributed by atoms with van der Waals surface area (Å²) in [6.07, 6.45) is 0.197. The zero-order chi connectivity index (χ0) is 20.3. The number of aryl methyl sites for hydroxylation is 2. The van der Waals surface area contributed by atoms with Gasteiger partial charge in [0.25, 0.3) is 5.56 Å². The van der Waals surface area contributed by atoms with Crippen LogP contribution in [-0.2, 0) is 11.3 Å². The van der Waals surface area contributed by atoms with Crippen LogP contribution in [0.2, 0.25) is 0 Å². The van der Waals surface area contributed by atoms with Gasteiger partial charge in [0.05, 0.1) is 12.6 Å². The number of ether oxygens (including phenoxy) is 1. The van der Waals surface area contributed by atoms with Crippen molar-refractivity contribution in [2.75, 3.05) is 12.4 Å². The smallest absolute Gasteiger partial charge is 0.251 e. The van der Waals surface area contributed by atoms with E-state index in [0.29, 0.717) is 11.7 Å². The predicted molar refractivity (Wildman–Crippen MR) is 113 cm³/mol. The molecule has 28 heavy (non-hydrogen) atoms. The number of fused-ring (bicyclic) bond motifs is 1. The molecule has 5 nitrogen and oxygen atoms in total. The number of amides is 1. The molecule has 1 aromatic heterocycles. The molecule has 0 bridgehead atoms. The number of anilines is 1. The molecule has 1 N–H and O–H groups in total. The number of carbonyl (C=O) groups excluding carboxylic acids is 1. The van der Waals surface area contributed by atoms with E-state index in [1.807, 2.05) is 49.4 Å². The summed E-state index contributed by atoms with van der Waals surface area (Å²) in [5.41, 5.74) is 3.40. The van der Waals surface area contributed by atoms with E-state index in [1.165, 1.54) is 0 Å². The first-order valence-corrected chi connectivity index (χ1v) is 9.48. The van der Waals surface area contributed by atoms with E-state index in [9.17, 15) is 9.59 Å². The first-order valence-electron chi connectivity index (χ1n) is 9.48. The highest BCUT2D eigenvalue weighted by Crippen LogP contribution is 2.27. The highest BCUT2D eigenvalue weighted by molar-refractivity contribution is 5.92. The highest BCUT2D eigenvalue weighted by Gasteiger charge is 2.14. The van der Waals surface area contributed by atoms with E-state index in [4.69, 9.17) is 4.74 Å². The van der Waals surface area contributed by atoms with Gasteiger partial charge >= 0.3 is 0 Å². The largest absolute Gasteiger partial charge is 0.495 e. The standard InChI is InChI=1S/C23H26N2O3/c1-15(2)17-8-5-6-10-19(17)24-21(26)12-13-25-22(27)14-16(3)18-9-7-11-20(28-4)23(18)25/h5-11,14-15H,12-13H2,1-4H3,(H,24,26). The number of methoxy groups -OCH3 is 1. The van der Waals surface area contributed by atoms with Gasteiger partial charge in [0, 0.05) is 30.1 Å². The van der Waals surface area contributed by atoms with E-state index in [0.717, 1.165) is 27.7 Å². The Morgan fingerprint density at radius 1 is 1.14 bits per heavy atom. The van der Waals surface area contributed by atoms with Crippen molar-refractivity contribution < 1.29 is 9.53 Å². The topological polar surface area (TPSA) is 60.3 Å². The van der Waals surface area contributed by atoms with Gasteiger partial charge in [-0.2, -0.15) is 0 Å². The fourth-order valence-electron chi connectivity index (χ4n) is 3.50. The third-order valence-corrected chi connectivity index (χ3v) is 4.94. The van der Waals surface area contributed by atoms with Crippen LogP contribution in [-0.4, -0.2) is 17.6 Å². The number of rotatable bonds is 6. The Kier molecular flexibility index (Phi) is 5.83. The van der Waals surface area contributed by atoms with Crippen molar-refractivity contribution in [1.29, 1.82) is 0 Å². The number of nitrogens with one attached hydrogen (secondary N) is 1. The van der Waals surface area contributed by atoms with Gasteiger partial charge in [-0.05, 0) is 36.1 Å². The molecule has 1 amide bonds. The molecule has 0 unspecified atom stereocenters. The zero-order valence-corrected chi connectivity index (χ0v) is 16.8. The molecule has 1 heterocycles. The number of pyridine rings is 1. The van der Waals surface area contributed by atoms with E-state index >= 15 is 0 Å². The van der Waals surface area contributed by atoms with Crippen molar-refractivity contribution in [2.24, 2.45) is 0 Å². The predicted octanol–water partition coefficient (Wildman–Crippen LogP) is 4.47. The molecule has 0 radical (unpaired) electrons. The molecule has 0 saturated carbocycles. The molecule has 2 aromatic carbocycles. The average molecular weight is 378 g/mol. The van der Waals surface area contributed by atoms with Crippen LogP contribution in [0.1, 0.15) is 37.3 Å². The third-order valence-electron chi connectivity index (χ3n) is 4.94. The molecular formula is C23H26N2O3. The number of carbonyl (C=O) groups is 1. The van der Waals surface area contributed by atoms with Gasteiger partial charge in [-0.15, -0.1) is 0 Å². The molecule has 0 aliphatic heterocycles. The molecule has 3 rings (SSSR count). The lowest BCUT2D eigenvalue weighted by Gasteiger charge is -2.16. The van der Waals surface area contributed by atoms with E-state index < -0.39 is 0 Å². The van der Waals surface area contributed by atoms with Gasteiger partial charge < -0.3 is 14.6 Å². The number of nitrogens with zero attached hydrogens (tertiary/aromatic N) is 1. The second kappa shape index (κ2) is 8.30. The number of para-hydroxylation sites is 2. The summed E-state index contributed by atoms with van der Waals surface area (Å²) in [6, 6.07) is 15.1. The molecule has 0 aliphatic carbocycles. The number of benzene rings is 2. The fourth-order valence-corrected chi connectivity index (χ4v) is 3.50. The second-order valence-corrected chi connectivity index (χ2v) is 7.21. The lowest BCUT2D eigenvalue weighted by molar-refractivity contribution is -0.116. The highest BCUT2D eigenvalue weighted by atomic mass is 16.5. The van der Waals surface area contributed by atoms with Crippen LogP contribution in [0.3, 0.4) is 0 Å². The Morgan fingerprint density at radius 3 is 2.61 bits per heavy atom. The average Bonchev–Trinajstić information content (AvgIpc) is 2.67. The van der Waals surface area contributed by atoms with Gasteiger partial charge in [-0.25, -0.2) is 0 Å². The van der Waals surface area contributed by atoms with Crippen molar-refractivity contribution >= 4 is 22.5 Å². The van der Waals surface area contributed by atoms with Crippen LogP contribution in [0.4, 0.5) is 5.69 Å². The third kappa shape index (κ3) is 3.93. The zero-order valence-electron chi connectivity index (χ0n) is 16.8. The van der Waals surface area contributed by atoms with Crippen LogP contribution in [0, 0.1) is 6.92 Å². The van der Waals surface area contributed by atoms with Crippen molar-refractivity contribution in [2.45, 2.75) is 39.7 Å². The Hall–Kier alpha value is -3.08. The van der Waals surface area contributed by atoms with E-state index in [-0.39, 0.29) is 24.4 Å². The van der Waals surface area contributed by atoms with Gasteiger partial charge in [0.1, 0.15) is 5.75 Å². The number of hydrogen-bond donors (Lipinski definition) is 1. The fraction of sp³-hybridized carbons (Fsp3) is 0.304. The molecule has 3 aromatic rings. The molecule has 0 spiro atoms. The van der Waals surface area contributed by atoms with E-state index in [2.05, 4.69) is 19.2 Å². The number of hydrogen-bond acceptors (Lipinski definition) is 3. The summed E-state index contributed by atoms with van der Waals surface area (Å²) in [4.78, 5) is 25.2. The Bertz CT molecular complexity index is 1070. The summed E-state index contributed by atoms with van der Waals surface area (Å²) in [6.45, 7) is 6.37. The minimum absolute atomic E-state index is 0.122. The second-order valence-electron chi connectivity index (χ2n) is 7.21. The normalized spacial score (nSPS) is 11.0. The maximum atomic E-state index is 12.6. The van der Waals surface area contributed by atoms with Crippen LogP contribution in [0.25, 0.3) is 10.9 Å². The van der Waals surface area contributed by atoms with Crippen molar-refractivity contribution in [3.63, 3.8) is 0 Å². The SMILES string of the molecule is COc1cccc2c(C)cc(=O)n(CCC(=O)Nc3ccccc3C(C)C)c12. The molecule has 0 aliphatic rings. The first kappa shape index (κ1) is 19.7. The summed E-state index contributed by atoms with van der Waals surface area (Å²) < 4.78 is 7.08. The Morgan fingerprint density at radius 2 is 1.89 bits per heavy atom. The lowest BCUT2D eigenvalue weighted by Crippen LogP contribution is -2.24. The summed E-state index contributed by atoms with van der Waals surface area (Å²) >= 11 is 0. The van der Waals surface area contributed by atoms with E-state index in [1.54, 1.807) is 17.7 Å². The Labute approximate surface area is 165 Å². The van der Waals surface area contributed by atoms with Gasteiger partial charge in [-0.3, -0.25) is 9.59 Å². The van der Waals surface area contributed by atoms with Crippen LogP contribution >= 0.6 is 0 Å². The van der Waals surface area contributed by atoms with Crippen LogP contribution in [0.5, 0.6) is 5.75 Å². The maximum absolute atomic E-state index is 12.6. The van der Waals surface area contributed by atoms with Gasteiger partial charge in [0.2, 0.25) is 5.91 Å². The van der Waals surface area contributed by atoms with Gasteiger partial charge in [0.15, 0.2) is 0 Å². The summed E-state index contributed by atoms with van der Waals surface area (Å²) in [5.74, 6) is 0.817. The summed E-state index contributed by atoms with van der Waals surface area (Å²) in [5, 5.41) is 3.93. The van der Waals surface area contributed by atoms with Crippen molar-refractivity contribution in [3.05, 3.63) is 70.0 Å². The Balaban J connectivity index is 1.86. The minimum atomic E-state index is -0.134. The van der Waals surface area contributed by atoms with Gasteiger partial charge in [-0.1, -0.05) is 44.2 Å². The van der Waals surface area contributed by atoms with Crippen LogP contribution < -0.4 is 15.6 Å². The molecule has 0 atom stereocenters. The quantitative estimate of drug-likeness (QED) is 0.688. The molecule has 0 fully saturated rings. The lowest BCUT2D eigenvalue weighted by atomic mass is 10.0. The molecule has 5 heteroatoms. The minimum Gasteiger partial charge on any atom is -0.495 e.